The van der Waals surface area contributed by atoms with Gasteiger partial charge in [0, 0.05) is 50.8 Å². The van der Waals surface area contributed by atoms with Crippen LogP contribution in [-0.4, -0.2) is 6.71 Å². The molecule has 2 unspecified atom stereocenters. The highest BCUT2D eigenvalue weighted by molar-refractivity contribution is 7.00. The number of fused-ring (bicyclic) bond motifs is 11. The van der Waals surface area contributed by atoms with Crippen molar-refractivity contribution >= 4 is 68.6 Å². The number of hydrogen-bond acceptors (Lipinski definition) is 3. The van der Waals surface area contributed by atoms with Crippen molar-refractivity contribution < 1.29 is 0 Å². The first-order valence-electron chi connectivity index (χ1n) is 27.3. The molecule has 4 heteroatoms. The molecule has 0 fully saturated rings. The van der Waals surface area contributed by atoms with Crippen molar-refractivity contribution in [2.24, 2.45) is 10.8 Å². The molecule has 0 amide bonds. The third-order valence-electron chi connectivity index (χ3n) is 18.8. The molecule has 3 heterocycles. The number of para-hydroxylation sites is 1. The average molecular weight is 950 g/mol. The second-order valence-corrected chi connectivity index (χ2v) is 26.0. The van der Waals surface area contributed by atoms with E-state index >= 15 is 0 Å². The van der Waals surface area contributed by atoms with E-state index in [1.165, 1.54) is 123 Å². The second kappa shape index (κ2) is 15.2. The first-order chi connectivity index (χ1) is 34.9. The molecular weight excluding hydrogens is 882 g/mol. The fraction of sp³-hybridized carbons (Fsp3) is 0.304. The SMILES string of the molecule is Cc1cc2c3c(c1)N(c1ccc(C(C)(C)C)cc1-c1ccccc1)c1cc(N4c5ccccc5C5(C)CCc6ccccc6C45C)ccc1B3c1cc3c(cc1N2c1ccc2c(c1)CC(C)(C)C2)CC(C)(C)C3. The Hall–Kier alpha value is -6.78. The summed E-state index contributed by atoms with van der Waals surface area (Å²) in [5.41, 5.74) is 29.8. The molecule has 0 saturated heterocycles. The Labute approximate surface area is 435 Å². The van der Waals surface area contributed by atoms with Gasteiger partial charge in [-0.05, 0) is 201 Å². The molecule has 3 aliphatic heterocycles. The Morgan fingerprint density at radius 1 is 0.466 bits per heavy atom. The van der Waals surface area contributed by atoms with Crippen molar-refractivity contribution in [3.8, 4) is 11.1 Å². The van der Waals surface area contributed by atoms with Crippen molar-refractivity contribution in [3.63, 3.8) is 0 Å². The van der Waals surface area contributed by atoms with Gasteiger partial charge < -0.3 is 14.7 Å². The molecule has 8 aromatic rings. The lowest BCUT2D eigenvalue weighted by molar-refractivity contribution is 0.245. The molecule has 14 rings (SSSR count). The Morgan fingerprint density at radius 3 is 1.85 bits per heavy atom. The van der Waals surface area contributed by atoms with Gasteiger partial charge in [0.25, 0.3) is 6.71 Å². The first kappa shape index (κ1) is 44.9. The zero-order chi connectivity index (χ0) is 50.1. The molecule has 0 N–H and O–H groups in total. The highest BCUT2D eigenvalue weighted by Gasteiger charge is 2.60. The van der Waals surface area contributed by atoms with Crippen LogP contribution in [0.4, 0.5) is 45.5 Å². The summed E-state index contributed by atoms with van der Waals surface area (Å²) in [4.78, 5) is 8.12. The van der Waals surface area contributed by atoms with Crippen LogP contribution in [0.5, 0.6) is 0 Å². The average Bonchev–Trinajstić information content (AvgIpc) is 3.95. The van der Waals surface area contributed by atoms with Gasteiger partial charge in [-0.25, -0.2) is 0 Å². The second-order valence-electron chi connectivity index (χ2n) is 26.0. The molecule has 362 valence electrons. The standard InChI is InChI=1S/C69H68BN3/c1-43-32-62-64-63(33-43)72(58-29-25-50(65(2,3)4)37-53(58)44-18-12-11-13-19-44)61-38-52(73-59-23-17-16-22-55(59)68(9)31-30-45-20-14-15-21-54(45)69(68,73)10)27-28-56(61)70(64)57-35-48-41-67(7,8)42-49(48)36-60(57)71(62)51-26-24-46-39-66(5,6)40-47(46)34-51/h11-29,32-38H,30-31,39-42H2,1-10H3. The van der Waals surface area contributed by atoms with Crippen LogP contribution in [0, 0.1) is 17.8 Å². The van der Waals surface area contributed by atoms with Gasteiger partial charge in [-0.1, -0.05) is 152 Å². The molecule has 73 heavy (non-hydrogen) atoms. The quantitative estimate of drug-likeness (QED) is 0.163. The van der Waals surface area contributed by atoms with E-state index in [1.807, 2.05) is 0 Å². The predicted octanol–water partition coefficient (Wildman–Crippen LogP) is 15.6. The third kappa shape index (κ3) is 6.44. The van der Waals surface area contributed by atoms with Crippen LogP contribution >= 0.6 is 0 Å². The maximum absolute atomic E-state index is 2.75. The van der Waals surface area contributed by atoms with Crippen molar-refractivity contribution in [2.45, 2.75) is 124 Å². The van der Waals surface area contributed by atoms with E-state index < -0.39 is 0 Å². The van der Waals surface area contributed by atoms with Gasteiger partial charge in [-0.3, -0.25) is 0 Å². The van der Waals surface area contributed by atoms with Gasteiger partial charge in [0.1, 0.15) is 0 Å². The minimum atomic E-state index is -0.319. The summed E-state index contributed by atoms with van der Waals surface area (Å²) in [6, 6.07) is 62.5. The molecule has 0 spiro atoms. The van der Waals surface area contributed by atoms with Gasteiger partial charge in [0.15, 0.2) is 0 Å². The normalized spacial score (nSPS) is 21.2. The van der Waals surface area contributed by atoms with E-state index in [2.05, 4.69) is 242 Å². The highest BCUT2D eigenvalue weighted by Crippen LogP contribution is 2.64. The first-order valence-corrected chi connectivity index (χ1v) is 27.3. The third-order valence-corrected chi connectivity index (χ3v) is 18.8. The molecule has 3 nitrogen and oxygen atoms in total. The smallest absolute Gasteiger partial charge is 0.252 e. The Balaban J connectivity index is 1.07. The van der Waals surface area contributed by atoms with Crippen LogP contribution in [0.15, 0.2) is 158 Å². The Kier molecular flexibility index (Phi) is 9.32. The summed E-state index contributed by atoms with van der Waals surface area (Å²) < 4.78 is 0. The largest absolute Gasteiger partial charge is 0.330 e. The van der Waals surface area contributed by atoms with Crippen molar-refractivity contribution in [1.29, 1.82) is 0 Å². The topological polar surface area (TPSA) is 9.72 Å². The minimum absolute atomic E-state index is 0.0238. The summed E-state index contributed by atoms with van der Waals surface area (Å²) in [5, 5.41) is 0. The van der Waals surface area contributed by atoms with Gasteiger partial charge in [-0.15, -0.1) is 0 Å². The van der Waals surface area contributed by atoms with E-state index in [0.717, 1.165) is 38.5 Å². The zero-order valence-corrected chi connectivity index (χ0v) is 44.7. The number of hydrogen-bond donors (Lipinski definition) is 0. The molecule has 0 radical (unpaired) electrons. The van der Waals surface area contributed by atoms with E-state index in [4.69, 9.17) is 0 Å². The van der Waals surface area contributed by atoms with Crippen molar-refractivity contribution in [3.05, 3.63) is 208 Å². The van der Waals surface area contributed by atoms with Crippen LogP contribution in [0.25, 0.3) is 11.1 Å². The van der Waals surface area contributed by atoms with Crippen molar-refractivity contribution in [1.82, 2.24) is 0 Å². The van der Waals surface area contributed by atoms with E-state index in [1.54, 1.807) is 0 Å². The molecule has 8 aromatic carbocycles. The van der Waals surface area contributed by atoms with E-state index in [0.29, 0.717) is 0 Å². The van der Waals surface area contributed by atoms with Crippen LogP contribution in [0.1, 0.15) is 119 Å². The molecule has 3 aliphatic carbocycles. The maximum atomic E-state index is 2.75. The molecule has 6 aliphatic rings. The summed E-state index contributed by atoms with van der Waals surface area (Å²) in [6.07, 6.45) is 6.59. The predicted molar refractivity (Wildman–Crippen MR) is 310 cm³/mol. The lowest BCUT2D eigenvalue weighted by Gasteiger charge is -2.51. The fourth-order valence-corrected chi connectivity index (χ4v) is 15.3. The molecule has 2 atom stereocenters. The lowest BCUT2D eigenvalue weighted by atomic mass is 9.33. The minimum Gasteiger partial charge on any atom is -0.330 e. The molecule has 0 saturated carbocycles. The van der Waals surface area contributed by atoms with Gasteiger partial charge in [0.05, 0.1) is 11.2 Å². The summed E-state index contributed by atoms with van der Waals surface area (Å²) >= 11 is 0. The molecular formula is C69H68BN3. The molecule has 0 aromatic heterocycles. The number of aryl methyl sites for hydroxylation is 2. The van der Waals surface area contributed by atoms with Gasteiger partial charge in [0.2, 0.25) is 0 Å². The van der Waals surface area contributed by atoms with Gasteiger partial charge in [-0.2, -0.15) is 0 Å². The summed E-state index contributed by atoms with van der Waals surface area (Å²) in [5.74, 6) is 0. The number of benzene rings is 8. The van der Waals surface area contributed by atoms with Crippen LogP contribution < -0.4 is 31.1 Å². The van der Waals surface area contributed by atoms with Crippen molar-refractivity contribution in [2.75, 3.05) is 14.7 Å². The van der Waals surface area contributed by atoms with E-state index in [-0.39, 0.29) is 33.9 Å². The van der Waals surface area contributed by atoms with Crippen LogP contribution in [0.2, 0.25) is 0 Å². The fourth-order valence-electron chi connectivity index (χ4n) is 15.3. The van der Waals surface area contributed by atoms with Crippen LogP contribution in [0.3, 0.4) is 0 Å². The lowest BCUT2D eigenvalue weighted by Crippen LogP contribution is -2.61. The highest BCUT2D eigenvalue weighted by atomic mass is 15.3. The number of rotatable bonds is 4. The monoisotopic (exact) mass is 950 g/mol. The van der Waals surface area contributed by atoms with E-state index in [9.17, 15) is 0 Å². The summed E-state index contributed by atoms with van der Waals surface area (Å²) in [7, 11) is 0. The van der Waals surface area contributed by atoms with Gasteiger partial charge >= 0.3 is 0 Å². The maximum Gasteiger partial charge on any atom is 0.252 e. The zero-order valence-electron chi connectivity index (χ0n) is 44.7. The Morgan fingerprint density at radius 2 is 1.10 bits per heavy atom. The van der Waals surface area contributed by atoms with Crippen LogP contribution in [-0.2, 0) is 48.5 Å². The molecule has 0 bridgehead atoms. The number of anilines is 8. The Bertz CT molecular complexity index is 3650. The summed E-state index contributed by atoms with van der Waals surface area (Å²) in [6.45, 7) is 24.2. The number of nitrogens with zero attached hydrogens (tertiary/aromatic N) is 3.